The van der Waals surface area contributed by atoms with Gasteiger partial charge in [-0.3, -0.25) is 0 Å². The van der Waals surface area contributed by atoms with Gasteiger partial charge in [0.25, 0.3) is 0 Å². The van der Waals surface area contributed by atoms with Crippen LogP contribution in [-0.2, 0) is 4.74 Å². The molecule has 2 rings (SSSR count). The van der Waals surface area contributed by atoms with Crippen LogP contribution >= 0.6 is 0 Å². The fraction of sp³-hybridized carbons (Fsp3) is 0.571. The Kier molecular flexibility index (Phi) is 4.13. The Hall–Kier alpha value is -1.82. The number of methoxy groups -OCH3 is 1. The van der Waals surface area contributed by atoms with Crippen LogP contribution in [0.4, 0.5) is 11.5 Å². The molecule has 110 valence electrons. The zero-order valence-electron chi connectivity index (χ0n) is 11.9. The second-order valence-electron chi connectivity index (χ2n) is 5.44. The summed E-state index contributed by atoms with van der Waals surface area (Å²) in [5.74, 6) is 0.110. The molecule has 1 aromatic heterocycles. The second kappa shape index (κ2) is 5.66. The summed E-state index contributed by atoms with van der Waals surface area (Å²) in [5, 5.41) is 10.1. The number of carbonyl (C=O) groups is 1. The summed E-state index contributed by atoms with van der Waals surface area (Å²) in [4.78, 5) is 17.9. The van der Waals surface area contributed by atoms with Crippen LogP contribution in [0, 0.1) is 0 Å². The van der Waals surface area contributed by atoms with Crippen molar-refractivity contribution in [2.45, 2.75) is 31.8 Å². The lowest BCUT2D eigenvalue weighted by atomic mass is 9.98. The Bertz CT molecular complexity index is 502. The molecule has 0 bridgehead atoms. The number of hydrogen-bond donors (Lipinski definition) is 2. The first-order valence-corrected chi connectivity index (χ1v) is 6.75. The average molecular weight is 279 g/mol. The van der Waals surface area contributed by atoms with E-state index in [9.17, 15) is 9.90 Å². The monoisotopic (exact) mass is 279 g/mol. The SMILES string of the molecule is COC(=O)c1ccc(N)c(N2CCCC(C)(O)CC2)n1. The molecule has 2 heterocycles. The van der Waals surface area contributed by atoms with Crippen LogP contribution in [0.2, 0.25) is 0 Å². The van der Waals surface area contributed by atoms with Crippen molar-refractivity contribution in [3.63, 3.8) is 0 Å². The van der Waals surface area contributed by atoms with E-state index >= 15 is 0 Å². The molecule has 6 nitrogen and oxygen atoms in total. The topological polar surface area (TPSA) is 88.7 Å². The molecule has 1 aliphatic heterocycles. The Morgan fingerprint density at radius 1 is 1.45 bits per heavy atom. The van der Waals surface area contributed by atoms with Gasteiger partial charge in [-0.1, -0.05) is 0 Å². The Balaban J connectivity index is 2.25. The van der Waals surface area contributed by atoms with Crippen molar-refractivity contribution in [3.05, 3.63) is 17.8 Å². The number of pyridine rings is 1. The summed E-state index contributed by atoms with van der Waals surface area (Å²) in [6.07, 6.45) is 2.26. The third-order valence-electron chi connectivity index (χ3n) is 3.66. The highest BCUT2D eigenvalue weighted by atomic mass is 16.5. The second-order valence-corrected chi connectivity index (χ2v) is 5.44. The molecule has 1 aromatic rings. The maximum atomic E-state index is 11.5. The zero-order chi connectivity index (χ0) is 14.8. The Labute approximate surface area is 118 Å². The van der Waals surface area contributed by atoms with Gasteiger partial charge in [0.05, 0.1) is 18.4 Å². The number of aliphatic hydroxyl groups is 1. The number of aromatic nitrogens is 1. The first-order chi connectivity index (χ1) is 9.43. The third kappa shape index (κ3) is 3.19. The van der Waals surface area contributed by atoms with Gasteiger partial charge in [0, 0.05) is 13.1 Å². The van der Waals surface area contributed by atoms with E-state index in [1.807, 2.05) is 11.8 Å². The summed E-state index contributed by atoms with van der Waals surface area (Å²) >= 11 is 0. The Morgan fingerprint density at radius 2 is 2.20 bits per heavy atom. The van der Waals surface area contributed by atoms with Gasteiger partial charge in [0.1, 0.15) is 0 Å². The zero-order valence-corrected chi connectivity index (χ0v) is 11.9. The number of nitrogens with two attached hydrogens (primary N) is 1. The minimum atomic E-state index is -0.649. The van der Waals surface area contributed by atoms with Gasteiger partial charge >= 0.3 is 5.97 Å². The molecule has 0 spiro atoms. The molecule has 20 heavy (non-hydrogen) atoms. The summed E-state index contributed by atoms with van der Waals surface area (Å²) in [5.41, 5.74) is 6.08. The number of ether oxygens (including phenoxy) is 1. The van der Waals surface area contributed by atoms with Gasteiger partial charge in [-0.2, -0.15) is 0 Å². The van der Waals surface area contributed by atoms with Crippen molar-refractivity contribution in [1.29, 1.82) is 0 Å². The molecule has 1 saturated heterocycles. The van der Waals surface area contributed by atoms with Gasteiger partial charge in [0.2, 0.25) is 0 Å². The van der Waals surface area contributed by atoms with E-state index in [-0.39, 0.29) is 5.69 Å². The van der Waals surface area contributed by atoms with Crippen LogP contribution in [0.5, 0.6) is 0 Å². The molecular weight excluding hydrogens is 258 g/mol. The molecule has 3 N–H and O–H groups in total. The van der Waals surface area contributed by atoms with Gasteiger partial charge < -0.3 is 20.5 Å². The van der Waals surface area contributed by atoms with E-state index in [0.29, 0.717) is 24.5 Å². The molecule has 1 fully saturated rings. The normalized spacial score (nSPS) is 23.2. The van der Waals surface area contributed by atoms with Crippen molar-refractivity contribution in [2.24, 2.45) is 0 Å². The molecule has 0 saturated carbocycles. The number of carbonyl (C=O) groups excluding carboxylic acids is 1. The quantitative estimate of drug-likeness (QED) is 0.791. The van der Waals surface area contributed by atoms with Crippen molar-refractivity contribution < 1.29 is 14.6 Å². The van der Waals surface area contributed by atoms with Gasteiger partial charge in [-0.15, -0.1) is 0 Å². The largest absolute Gasteiger partial charge is 0.464 e. The summed E-state index contributed by atoms with van der Waals surface area (Å²) < 4.78 is 4.68. The summed E-state index contributed by atoms with van der Waals surface area (Å²) in [6.45, 7) is 3.27. The highest BCUT2D eigenvalue weighted by Gasteiger charge is 2.26. The van der Waals surface area contributed by atoms with Gasteiger partial charge in [0.15, 0.2) is 11.5 Å². The number of nitrogens with zero attached hydrogens (tertiary/aromatic N) is 2. The Morgan fingerprint density at radius 3 is 2.90 bits per heavy atom. The lowest BCUT2D eigenvalue weighted by molar-refractivity contribution is 0.0481. The molecule has 0 aromatic carbocycles. The molecule has 1 atom stereocenters. The van der Waals surface area contributed by atoms with Crippen LogP contribution in [0.25, 0.3) is 0 Å². The molecule has 0 radical (unpaired) electrons. The fourth-order valence-electron chi connectivity index (χ4n) is 2.41. The van der Waals surface area contributed by atoms with Gasteiger partial charge in [-0.25, -0.2) is 9.78 Å². The van der Waals surface area contributed by atoms with Crippen LogP contribution in [0.3, 0.4) is 0 Å². The average Bonchev–Trinajstić information content (AvgIpc) is 2.59. The van der Waals surface area contributed by atoms with Crippen molar-refractivity contribution in [2.75, 3.05) is 30.8 Å². The van der Waals surface area contributed by atoms with Crippen LogP contribution in [0.1, 0.15) is 36.7 Å². The van der Waals surface area contributed by atoms with Crippen molar-refractivity contribution in [3.8, 4) is 0 Å². The maximum absolute atomic E-state index is 11.5. The molecule has 1 aliphatic rings. The van der Waals surface area contributed by atoms with E-state index in [2.05, 4.69) is 9.72 Å². The first-order valence-electron chi connectivity index (χ1n) is 6.75. The lowest BCUT2D eigenvalue weighted by Gasteiger charge is -2.24. The van der Waals surface area contributed by atoms with E-state index in [1.165, 1.54) is 7.11 Å². The smallest absolute Gasteiger partial charge is 0.356 e. The standard InChI is InChI=1S/C14H21N3O3/c1-14(19)6-3-8-17(9-7-14)12-10(15)4-5-11(16-12)13(18)20-2/h4-5,19H,3,6-9,15H2,1-2H3. The van der Waals surface area contributed by atoms with Crippen molar-refractivity contribution >= 4 is 17.5 Å². The number of rotatable bonds is 2. The fourth-order valence-corrected chi connectivity index (χ4v) is 2.41. The molecule has 0 amide bonds. The highest BCUT2D eigenvalue weighted by Crippen LogP contribution is 2.27. The molecule has 0 aliphatic carbocycles. The van der Waals surface area contributed by atoms with Crippen molar-refractivity contribution in [1.82, 2.24) is 4.98 Å². The number of anilines is 2. The summed E-state index contributed by atoms with van der Waals surface area (Å²) in [7, 11) is 1.32. The lowest BCUT2D eigenvalue weighted by Crippen LogP contribution is -2.29. The van der Waals surface area contributed by atoms with Crippen LogP contribution < -0.4 is 10.6 Å². The van der Waals surface area contributed by atoms with Crippen LogP contribution in [0.15, 0.2) is 12.1 Å². The third-order valence-corrected chi connectivity index (χ3v) is 3.66. The molecular formula is C14H21N3O3. The van der Waals surface area contributed by atoms with E-state index in [0.717, 1.165) is 19.4 Å². The minimum absolute atomic E-state index is 0.243. The van der Waals surface area contributed by atoms with E-state index in [4.69, 9.17) is 5.73 Å². The molecule has 1 unspecified atom stereocenters. The first kappa shape index (κ1) is 14.6. The highest BCUT2D eigenvalue weighted by molar-refractivity contribution is 5.88. The number of nitrogen functional groups attached to an aromatic ring is 1. The summed E-state index contributed by atoms with van der Waals surface area (Å²) in [6, 6.07) is 3.22. The van der Waals surface area contributed by atoms with Gasteiger partial charge in [-0.05, 0) is 38.3 Å². The molecule has 6 heteroatoms. The number of esters is 1. The minimum Gasteiger partial charge on any atom is -0.464 e. The van der Waals surface area contributed by atoms with E-state index < -0.39 is 11.6 Å². The number of hydrogen-bond acceptors (Lipinski definition) is 6. The van der Waals surface area contributed by atoms with Crippen LogP contribution in [-0.4, -0.2) is 41.9 Å². The predicted molar refractivity (Wildman–Crippen MR) is 76.7 cm³/mol. The maximum Gasteiger partial charge on any atom is 0.356 e. The predicted octanol–water partition coefficient (Wildman–Crippen LogP) is 1.19. The van der Waals surface area contributed by atoms with E-state index in [1.54, 1.807) is 12.1 Å².